The molecule has 0 radical (unpaired) electrons. The average Bonchev–Trinajstić information content (AvgIpc) is 3.14. The molecule has 0 amide bonds. The lowest BCUT2D eigenvalue weighted by Crippen LogP contribution is -2.37. The van der Waals surface area contributed by atoms with E-state index in [2.05, 4.69) is 37.3 Å². The minimum Gasteiger partial charge on any atom is -0.493 e. The van der Waals surface area contributed by atoms with Crippen molar-refractivity contribution >= 4 is 17.0 Å². The molecular formula is C24H33N5O3. The third-order valence-electron chi connectivity index (χ3n) is 5.19. The molecule has 2 N–H and O–H groups in total. The van der Waals surface area contributed by atoms with Crippen molar-refractivity contribution in [1.82, 2.24) is 20.2 Å². The highest BCUT2D eigenvalue weighted by Gasteiger charge is 2.14. The summed E-state index contributed by atoms with van der Waals surface area (Å²) in [5.74, 6) is 3.69. The normalized spacial score (nSPS) is 11.5. The van der Waals surface area contributed by atoms with Crippen LogP contribution in [0.3, 0.4) is 0 Å². The van der Waals surface area contributed by atoms with Gasteiger partial charge in [0.25, 0.3) is 0 Å². The summed E-state index contributed by atoms with van der Waals surface area (Å²) in [6, 6.07) is 12.1. The van der Waals surface area contributed by atoms with Crippen LogP contribution in [0.5, 0.6) is 17.2 Å². The predicted molar refractivity (Wildman–Crippen MR) is 128 cm³/mol. The zero-order valence-electron chi connectivity index (χ0n) is 19.6. The number of aryl methyl sites for hydroxylation is 2. The fourth-order valence-corrected chi connectivity index (χ4v) is 3.65. The number of nitrogens with one attached hydrogen (secondary N) is 2. The number of aliphatic imine (C=N–C) groups is 1. The summed E-state index contributed by atoms with van der Waals surface area (Å²) in [7, 11) is 5.02. The molecule has 2 aromatic carbocycles. The lowest BCUT2D eigenvalue weighted by Gasteiger charge is -2.17. The first-order valence-electron chi connectivity index (χ1n) is 10.8. The van der Waals surface area contributed by atoms with E-state index in [9.17, 15) is 0 Å². The second-order valence-electron chi connectivity index (χ2n) is 7.27. The van der Waals surface area contributed by atoms with E-state index in [1.807, 2.05) is 38.1 Å². The summed E-state index contributed by atoms with van der Waals surface area (Å²) in [4.78, 5) is 8.95. The first-order valence-corrected chi connectivity index (χ1v) is 10.8. The summed E-state index contributed by atoms with van der Waals surface area (Å²) < 4.78 is 18.9. The Morgan fingerprint density at radius 1 is 1.09 bits per heavy atom. The van der Waals surface area contributed by atoms with Crippen LogP contribution in [0.4, 0.5) is 0 Å². The third-order valence-corrected chi connectivity index (χ3v) is 5.19. The van der Waals surface area contributed by atoms with Crippen molar-refractivity contribution in [1.29, 1.82) is 0 Å². The molecule has 32 heavy (non-hydrogen) atoms. The fraction of sp³-hybridized carbons (Fsp3) is 0.417. The van der Waals surface area contributed by atoms with Crippen molar-refractivity contribution < 1.29 is 14.2 Å². The SMILES string of the molecule is CCOc1c(OC)cc(CNC(=NC)NCCCn2c(C)nc3ccccc32)cc1OC. The molecule has 0 aliphatic carbocycles. The summed E-state index contributed by atoms with van der Waals surface area (Å²) >= 11 is 0. The fourth-order valence-electron chi connectivity index (χ4n) is 3.65. The molecule has 0 aliphatic rings. The smallest absolute Gasteiger partial charge is 0.203 e. The molecule has 0 fully saturated rings. The van der Waals surface area contributed by atoms with Gasteiger partial charge in [-0.15, -0.1) is 0 Å². The number of hydrogen-bond acceptors (Lipinski definition) is 5. The highest BCUT2D eigenvalue weighted by molar-refractivity contribution is 5.79. The van der Waals surface area contributed by atoms with Crippen molar-refractivity contribution in [2.24, 2.45) is 4.99 Å². The number of rotatable bonds is 10. The van der Waals surface area contributed by atoms with E-state index in [-0.39, 0.29) is 0 Å². The van der Waals surface area contributed by atoms with Gasteiger partial charge >= 0.3 is 0 Å². The Kier molecular flexibility index (Phi) is 8.19. The van der Waals surface area contributed by atoms with E-state index in [4.69, 9.17) is 14.2 Å². The molecular weight excluding hydrogens is 406 g/mol. The van der Waals surface area contributed by atoms with Crippen molar-refractivity contribution in [2.45, 2.75) is 33.4 Å². The number of nitrogens with zero attached hydrogens (tertiary/aromatic N) is 3. The molecule has 0 spiro atoms. The van der Waals surface area contributed by atoms with Gasteiger partial charge in [0.15, 0.2) is 17.5 Å². The number of aromatic nitrogens is 2. The summed E-state index contributed by atoms with van der Waals surface area (Å²) in [6.45, 7) is 6.78. The number of hydrogen-bond donors (Lipinski definition) is 2. The van der Waals surface area contributed by atoms with Crippen LogP contribution in [0.25, 0.3) is 11.0 Å². The van der Waals surface area contributed by atoms with E-state index >= 15 is 0 Å². The topological polar surface area (TPSA) is 81.9 Å². The molecule has 3 rings (SSSR count). The molecule has 8 nitrogen and oxygen atoms in total. The van der Waals surface area contributed by atoms with Gasteiger partial charge in [0.2, 0.25) is 5.75 Å². The van der Waals surface area contributed by atoms with Crippen LogP contribution in [0.15, 0.2) is 41.4 Å². The van der Waals surface area contributed by atoms with Crippen LogP contribution in [0.1, 0.15) is 24.7 Å². The van der Waals surface area contributed by atoms with Crippen LogP contribution in [0, 0.1) is 6.92 Å². The van der Waals surface area contributed by atoms with Crippen molar-refractivity contribution in [3.63, 3.8) is 0 Å². The minimum absolute atomic E-state index is 0.537. The Morgan fingerprint density at radius 2 is 1.81 bits per heavy atom. The van der Waals surface area contributed by atoms with E-state index in [0.717, 1.165) is 42.4 Å². The third kappa shape index (κ3) is 5.43. The molecule has 172 valence electrons. The maximum Gasteiger partial charge on any atom is 0.203 e. The minimum atomic E-state index is 0.537. The highest BCUT2D eigenvalue weighted by atomic mass is 16.5. The molecule has 0 aliphatic heterocycles. The van der Waals surface area contributed by atoms with Gasteiger partial charge in [0.05, 0.1) is 31.9 Å². The lowest BCUT2D eigenvalue weighted by molar-refractivity contribution is 0.288. The number of ether oxygens (including phenoxy) is 3. The van der Waals surface area contributed by atoms with Gasteiger partial charge in [-0.3, -0.25) is 4.99 Å². The summed E-state index contributed by atoms with van der Waals surface area (Å²) in [5, 5.41) is 6.72. The van der Waals surface area contributed by atoms with Crippen LogP contribution in [0.2, 0.25) is 0 Å². The Labute approximate surface area is 189 Å². The molecule has 1 heterocycles. The Bertz CT molecular complexity index is 1040. The van der Waals surface area contributed by atoms with E-state index in [1.54, 1.807) is 21.3 Å². The number of methoxy groups -OCH3 is 2. The van der Waals surface area contributed by atoms with Gasteiger partial charge in [0.1, 0.15) is 5.82 Å². The van der Waals surface area contributed by atoms with Crippen LogP contribution < -0.4 is 24.8 Å². The molecule has 3 aromatic rings. The second kappa shape index (κ2) is 11.3. The van der Waals surface area contributed by atoms with Gasteiger partial charge in [-0.1, -0.05) is 12.1 Å². The van der Waals surface area contributed by atoms with E-state index in [0.29, 0.717) is 30.4 Å². The zero-order valence-corrected chi connectivity index (χ0v) is 19.6. The number of imidazole rings is 1. The Morgan fingerprint density at radius 3 is 2.47 bits per heavy atom. The summed E-state index contributed by atoms with van der Waals surface area (Å²) in [5.41, 5.74) is 3.22. The monoisotopic (exact) mass is 439 g/mol. The molecule has 8 heteroatoms. The largest absolute Gasteiger partial charge is 0.493 e. The lowest BCUT2D eigenvalue weighted by atomic mass is 10.2. The maximum atomic E-state index is 5.67. The predicted octanol–water partition coefficient (Wildman–Crippen LogP) is 3.52. The van der Waals surface area contributed by atoms with Crippen LogP contribution in [-0.4, -0.2) is 49.9 Å². The van der Waals surface area contributed by atoms with Gasteiger partial charge in [0, 0.05) is 26.7 Å². The number of benzene rings is 2. The molecule has 1 aromatic heterocycles. The maximum absolute atomic E-state index is 5.67. The Hall–Kier alpha value is -3.42. The van der Waals surface area contributed by atoms with Gasteiger partial charge < -0.3 is 29.4 Å². The van der Waals surface area contributed by atoms with E-state index < -0.39 is 0 Å². The van der Waals surface area contributed by atoms with Crippen molar-refractivity contribution in [3.8, 4) is 17.2 Å². The first-order chi connectivity index (χ1) is 15.6. The first kappa shape index (κ1) is 23.2. The number of guanidine groups is 1. The standard InChI is InChI=1S/C24H33N5O3/c1-6-32-23-21(30-4)14-18(15-22(23)31-5)16-27-24(25-3)26-12-9-13-29-17(2)28-19-10-7-8-11-20(19)29/h7-8,10-11,14-15H,6,9,12-13,16H2,1-5H3,(H2,25,26,27). The molecule has 0 unspecified atom stereocenters. The Balaban J connectivity index is 1.54. The average molecular weight is 440 g/mol. The van der Waals surface area contributed by atoms with Crippen molar-refractivity contribution in [2.75, 3.05) is 34.4 Å². The van der Waals surface area contributed by atoms with Crippen LogP contribution in [-0.2, 0) is 13.1 Å². The van der Waals surface area contributed by atoms with E-state index in [1.165, 1.54) is 5.52 Å². The van der Waals surface area contributed by atoms with Gasteiger partial charge in [-0.2, -0.15) is 0 Å². The number of para-hydroxylation sites is 2. The van der Waals surface area contributed by atoms with Crippen molar-refractivity contribution in [3.05, 3.63) is 47.8 Å². The molecule has 0 saturated heterocycles. The molecule has 0 atom stereocenters. The molecule has 0 bridgehead atoms. The second-order valence-corrected chi connectivity index (χ2v) is 7.27. The zero-order chi connectivity index (χ0) is 22.9. The molecule has 0 saturated carbocycles. The summed E-state index contributed by atoms with van der Waals surface area (Å²) in [6.07, 6.45) is 0.951. The quantitative estimate of drug-likeness (QED) is 0.286. The van der Waals surface area contributed by atoms with Gasteiger partial charge in [-0.05, 0) is 50.1 Å². The number of fused-ring (bicyclic) bond motifs is 1. The highest BCUT2D eigenvalue weighted by Crippen LogP contribution is 2.38. The van der Waals surface area contributed by atoms with Crippen LogP contribution >= 0.6 is 0 Å². The van der Waals surface area contributed by atoms with Gasteiger partial charge in [-0.25, -0.2) is 4.98 Å².